The van der Waals surface area contributed by atoms with E-state index in [1.165, 1.54) is 36.1 Å². The predicted molar refractivity (Wildman–Crippen MR) is 169 cm³/mol. The van der Waals surface area contributed by atoms with E-state index in [1.807, 2.05) is 13.8 Å². The molecule has 1 fully saturated rings. The molecular formula is C29H45N9O9. The van der Waals surface area contributed by atoms with Crippen LogP contribution >= 0.6 is 0 Å². The van der Waals surface area contributed by atoms with Crippen molar-refractivity contribution >= 4 is 41.2 Å². The first-order valence-electron chi connectivity index (χ1n) is 15.2. The average Bonchev–Trinajstić information content (AvgIpc) is 3.49. The second-order valence-corrected chi connectivity index (χ2v) is 11.8. The molecule has 0 bridgehead atoms. The third-order valence-corrected chi connectivity index (χ3v) is 7.50. The van der Waals surface area contributed by atoms with Crippen molar-refractivity contribution in [3.63, 3.8) is 0 Å². The predicted octanol–water partition coefficient (Wildman–Crippen LogP) is -1.39. The normalized spacial score (nSPS) is 17.5. The van der Waals surface area contributed by atoms with E-state index in [0.29, 0.717) is 12.8 Å². The number of carbonyl (C=O) groups excluding carboxylic acids is 4. The first kappa shape index (κ1) is 38.3. The molecule has 4 amide bonds. The molecule has 18 nitrogen and oxygen atoms in total. The molecule has 47 heavy (non-hydrogen) atoms. The summed E-state index contributed by atoms with van der Waals surface area (Å²) in [6.45, 7) is 5.23. The molecule has 1 saturated heterocycles. The molecule has 11 N–H and O–H groups in total. The number of non-ortho nitro benzene ring substituents is 1. The molecule has 0 unspecified atom stereocenters. The Morgan fingerprint density at radius 2 is 1.70 bits per heavy atom. The highest BCUT2D eigenvalue weighted by Crippen LogP contribution is 2.23. The minimum absolute atomic E-state index is 0.114. The number of hydrogen-bond donors (Lipinski definition) is 8. The maximum atomic E-state index is 13.8. The summed E-state index contributed by atoms with van der Waals surface area (Å²) in [4.78, 5) is 80.9. The number of nitro groups is 1. The molecule has 1 aromatic rings. The van der Waals surface area contributed by atoms with Crippen LogP contribution in [0.25, 0.3) is 0 Å². The van der Waals surface area contributed by atoms with E-state index < -0.39 is 70.8 Å². The Morgan fingerprint density at radius 3 is 2.23 bits per heavy atom. The minimum Gasteiger partial charge on any atom is -0.480 e. The molecule has 0 saturated carbocycles. The van der Waals surface area contributed by atoms with E-state index in [1.54, 1.807) is 0 Å². The van der Waals surface area contributed by atoms with Crippen molar-refractivity contribution < 1.29 is 39.1 Å². The molecule has 260 valence electrons. The zero-order chi connectivity index (χ0) is 35.4. The van der Waals surface area contributed by atoms with E-state index in [2.05, 4.69) is 20.9 Å². The molecule has 18 heteroatoms. The van der Waals surface area contributed by atoms with Crippen molar-refractivity contribution in [2.45, 2.75) is 89.2 Å². The van der Waals surface area contributed by atoms with Crippen LogP contribution in [0.4, 0.5) is 5.69 Å². The molecule has 0 aromatic heterocycles. The fourth-order valence-electron chi connectivity index (χ4n) is 5.08. The number of carboxylic acids is 1. The van der Waals surface area contributed by atoms with Crippen molar-refractivity contribution in [3.05, 3.63) is 39.9 Å². The number of aliphatic hydroxyl groups excluding tert-OH is 1. The molecule has 1 heterocycles. The van der Waals surface area contributed by atoms with E-state index in [4.69, 9.17) is 17.2 Å². The van der Waals surface area contributed by atoms with Crippen molar-refractivity contribution in [2.24, 2.45) is 28.1 Å². The molecule has 1 aliphatic rings. The quantitative estimate of drug-likeness (QED) is 0.0314. The monoisotopic (exact) mass is 663 g/mol. The number of hydrogen-bond acceptors (Lipinski definition) is 10. The van der Waals surface area contributed by atoms with Crippen molar-refractivity contribution in [2.75, 3.05) is 13.1 Å². The molecule has 6 atom stereocenters. The highest BCUT2D eigenvalue weighted by molar-refractivity contribution is 5.96. The van der Waals surface area contributed by atoms with Crippen molar-refractivity contribution in [1.82, 2.24) is 20.9 Å². The number of rotatable bonds is 17. The number of amides is 4. The lowest BCUT2D eigenvalue weighted by Gasteiger charge is -2.31. The molecule has 1 aliphatic heterocycles. The van der Waals surface area contributed by atoms with Crippen LogP contribution in [0.3, 0.4) is 0 Å². The summed E-state index contributed by atoms with van der Waals surface area (Å²) in [6, 6.07) is -1.33. The maximum Gasteiger partial charge on any atom is 0.328 e. The maximum absolute atomic E-state index is 13.8. The van der Waals surface area contributed by atoms with Gasteiger partial charge in [-0.05, 0) is 62.6 Å². The standard InChI is InChI=1S/C29H45N9O9/c1-15(2)14-20(27(43)37-13-5-7-21(37)25(41)35-22(16(3)39)28(44)45)34-26(42)23(17-8-10-18(11-9-17)38(46)47)36-24(40)19(30)6-4-12-33-29(31)32/h8-11,15-16,19-23,39H,4-7,12-14,30H2,1-3H3,(H,34,42)(H,35,41)(H,36,40)(H,44,45)(H4,31,32,33)/t16-,19+,20+,21+,22+,23-/m1/s1. The molecule has 0 spiro atoms. The van der Waals surface area contributed by atoms with Crippen LogP contribution in [0.15, 0.2) is 29.3 Å². The van der Waals surface area contributed by atoms with Gasteiger partial charge >= 0.3 is 5.97 Å². The number of guanidine groups is 1. The number of aliphatic hydroxyl groups is 1. The van der Waals surface area contributed by atoms with Crippen LogP contribution in [-0.4, -0.2) is 99.0 Å². The zero-order valence-electron chi connectivity index (χ0n) is 26.6. The number of benzene rings is 1. The Bertz CT molecular complexity index is 1320. The summed E-state index contributed by atoms with van der Waals surface area (Å²) >= 11 is 0. The Kier molecular flexibility index (Phi) is 14.5. The van der Waals surface area contributed by atoms with Crippen LogP contribution in [0.5, 0.6) is 0 Å². The third kappa shape index (κ3) is 11.5. The number of aliphatic carboxylic acids is 1. The largest absolute Gasteiger partial charge is 0.480 e. The van der Waals surface area contributed by atoms with Gasteiger partial charge in [-0.1, -0.05) is 13.8 Å². The van der Waals surface area contributed by atoms with Gasteiger partial charge in [-0.25, -0.2) is 4.79 Å². The van der Waals surface area contributed by atoms with Crippen molar-refractivity contribution in [1.29, 1.82) is 0 Å². The zero-order valence-corrected chi connectivity index (χ0v) is 26.6. The van der Waals surface area contributed by atoms with Gasteiger partial charge in [0.1, 0.15) is 18.1 Å². The topological polar surface area (TPSA) is 299 Å². The van der Waals surface area contributed by atoms with Gasteiger partial charge in [-0.3, -0.25) is 34.3 Å². The molecule has 0 radical (unpaired) electrons. The number of nitro benzene ring substituents is 1. The Labute approximate surface area is 271 Å². The van der Waals surface area contributed by atoms with Gasteiger partial charge in [0.25, 0.3) is 5.69 Å². The van der Waals surface area contributed by atoms with Crippen LogP contribution in [0.1, 0.15) is 64.5 Å². The van der Waals surface area contributed by atoms with E-state index in [0.717, 1.165) is 0 Å². The fourth-order valence-corrected chi connectivity index (χ4v) is 5.08. The minimum atomic E-state index is -1.59. The summed E-state index contributed by atoms with van der Waals surface area (Å²) in [5.74, 6) is -4.55. The lowest BCUT2D eigenvalue weighted by Crippen LogP contribution is -2.58. The van der Waals surface area contributed by atoms with Gasteiger partial charge in [0.2, 0.25) is 23.6 Å². The van der Waals surface area contributed by atoms with Crippen LogP contribution in [0, 0.1) is 16.0 Å². The lowest BCUT2D eigenvalue weighted by molar-refractivity contribution is -0.384. The highest BCUT2D eigenvalue weighted by Gasteiger charge is 2.40. The van der Waals surface area contributed by atoms with Crippen molar-refractivity contribution in [3.8, 4) is 0 Å². The average molecular weight is 664 g/mol. The van der Waals surface area contributed by atoms with Gasteiger partial charge in [-0.2, -0.15) is 0 Å². The number of aliphatic imine (C=N–C) groups is 1. The first-order valence-corrected chi connectivity index (χ1v) is 15.2. The summed E-state index contributed by atoms with van der Waals surface area (Å²) in [5, 5.41) is 37.9. The molecule has 1 aromatic carbocycles. The lowest BCUT2D eigenvalue weighted by atomic mass is 9.99. The number of nitrogens with zero attached hydrogens (tertiary/aromatic N) is 3. The van der Waals surface area contributed by atoms with E-state index >= 15 is 0 Å². The summed E-state index contributed by atoms with van der Waals surface area (Å²) in [5.41, 5.74) is 16.6. The Balaban J connectivity index is 2.32. The van der Waals surface area contributed by atoms with E-state index in [-0.39, 0.29) is 55.5 Å². The molecule has 2 rings (SSSR count). The van der Waals surface area contributed by atoms with Gasteiger partial charge < -0.3 is 48.3 Å². The number of nitrogens with two attached hydrogens (primary N) is 3. The van der Waals surface area contributed by atoms with Crippen LogP contribution < -0.4 is 33.2 Å². The van der Waals surface area contributed by atoms with Crippen LogP contribution in [-0.2, 0) is 24.0 Å². The van der Waals surface area contributed by atoms with Gasteiger partial charge in [0.15, 0.2) is 12.0 Å². The second-order valence-electron chi connectivity index (χ2n) is 11.8. The molecule has 0 aliphatic carbocycles. The highest BCUT2D eigenvalue weighted by atomic mass is 16.6. The van der Waals surface area contributed by atoms with Gasteiger partial charge in [0, 0.05) is 25.2 Å². The summed E-state index contributed by atoms with van der Waals surface area (Å²) in [6.07, 6.45) is -0.0576. The SMILES string of the molecule is CC(C)C[C@H](NC(=O)[C@H](NC(=O)[C@@H](N)CCCN=C(N)N)c1ccc([N+](=O)[O-])cc1)C(=O)N1CCC[C@H]1C(=O)N[C@H](C(=O)O)[C@@H](C)O. The smallest absolute Gasteiger partial charge is 0.328 e. The number of carbonyl (C=O) groups is 5. The first-order chi connectivity index (χ1) is 22.0. The van der Waals surface area contributed by atoms with Gasteiger partial charge in [-0.15, -0.1) is 0 Å². The van der Waals surface area contributed by atoms with Crippen LogP contribution in [0.2, 0.25) is 0 Å². The number of likely N-dealkylation sites (tertiary alicyclic amines) is 1. The summed E-state index contributed by atoms with van der Waals surface area (Å²) in [7, 11) is 0. The number of carboxylic acid groups (broad SMARTS) is 1. The Hall–Kier alpha value is -4.84. The second kappa shape index (κ2) is 17.7. The van der Waals surface area contributed by atoms with Gasteiger partial charge in [0.05, 0.1) is 17.1 Å². The van der Waals surface area contributed by atoms with E-state index in [9.17, 15) is 44.3 Å². The number of nitrogens with one attached hydrogen (secondary N) is 3. The summed E-state index contributed by atoms with van der Waals surface area (Å²) < 4.78 is 0. The fraction of sp³-hybridized carbons (Fsp3) is 0.586. The molecular weight excluding hydrogens is 618 g/mol. The Morgan fingerprint density at radius 1 is 1.06 bits per heavy atom. The third-order valence-electron chi connectivity index (χ3n) is 7.50.